The van der Waals surface area contributed by atoms with E-state index >= 15 is 0 Å². The molecule has 0 bridgehead atoms. The molecule has 3 aromatic rings. The van der Waals surface area contributed by atoms with Crippen molar-refractivity contribution in [2.75, 3.05) is 5.32 Å². The van der Waals surface area contributed by atoms with Crippen molar-refractivity contribution >= 4 is 35.0 Å². The number of carbonyl (C=O) groups is 1. The van der Waals surface area contributed by atoms with Crippen LogP contribution in [0.5, 0.6) is 0 Å². The summed E-state index contributed by atoms with van der Waals surface area (Å²) < 4.78 is 41.6. The van der Waals surface area contributed by atoms with E-state index in [1.807, 2.05) is 31.2 Å². The van der Waals surface area contributed by atoms with Gasteiger partial charge in [0.15, 0.2) is 5.16 Å². The number of hydrogen-bond donors (Lipinski definition) is 1. The molecule has 1 heterocycles. The molecule has 0 radical (unpaired) electrons. The predicted molar refractivity (Wildman–Crippen MR) is 111 cm³/mol. The van der Waals surface area contributed by atoms with Gasteiger partial charge in [-0.3, -0.25) is 9.36 Å². The molecule has 0 aliphatic carbocycles. The average molecular weight is 455 g/mol. The molecule has 2 aromatic carbocycles. The first-order valence-electron chi connectivity index (χ1n) is 8.89. The van der Waals surface area contributed by atoms with Crippen molar-refractivity contribution in [3.05, 3.63) is 64.4 Å². The van der Waals surface area contributed by atoms with Gasteiger partial charge in [0.05, 0.1) is 16.5 Å². The molecule has 1 amide bonds. The number of aryl methyl sites for hydroxylation is 2. The molecular weight excluding hydrogens is 437 g/mol. The molecule has 0 fully saturated rings. The smallest absolute Gasteiger partial charge is 0.325 e. The number of hydrogen-bond acceptors (Lipinski definition) is 4. The summed E-state index contributed by atoms with van der Waals surface area (Å²) in [7, 11) is 0. The second-order valence-corrected chi connectivity index (χ2v) is 8.39. The van der Waals surface area contributed by atoms with Gasteiger partial charge in [0.2, 0.25) is 5.91 Å². The topological polar surface area (TPSA) is 59.8 Å². The number of anilines is 1. The lowest BCUT2D eigenvalue weighted by atomic mass is 10.1. The van der Waals surface area contributed by atoms with Crippen molar-refractivity contribution in [1.82, 2.24) is 14.8 Å². The molecule has 0 aliphatic heterocycles. The van der Waals surface area contributed by atoms with E-state index in [2.05, 4.69) is 15.5 Å². The molecule has 30 heavy (non-hydrogen) atoms. The van der Waals surface area contributed by atoms with Crippen molar-refractivity contribution in [3.63, 3.8) is 0 Å². The van der Waals surface area contributed by atoms with Crippen molar-refractivity contribution in [1.29, 1.82) is 0 Å². The van der Waals surface area contributed by atoms with E-state index in [9.17, 15) is 18.0 Å². The molecule has 3 rings (SSSR count). The summed E-state index contributed by atoms with van der Waals surface area (Å²) in [6.07, 6.45) is -4.65. The summed E-state index contributed by atoms with van der Waals surface area (Å²) >= 11 is 6.79. The maximum atomic E-state index is 13.3. The van der Waals surface area contributed by atoms with Crippen molar-refractivity contribution in [2.45, 2.75) is 37.4 Å². The Morgan fingerprint density at radius 1 is 1.17 bits per heavy atom. The Kier molecular flexibility index (Phi) is 6.42. The Hall–Kier alpha value is -2.52. The Bertz CT molecular complexity index is 1080. The summed E-state index contributed by atoms with van der Waals surface area (Å²) in [4.78, 5) is 12.6. The van der Waals surface area contributed by atoms with Gasteiger partial charge in [-0.15, -0.1) is 10.2 Å². The molecule has 158 valence electrons. The van der Waals surface area contributed by atoms with Crippen LogP contribution in [-0.2, 0) is 11.0 Å². The number of benzene rings is 2. The van der Waals surface area contributed by atoms with E-state index in [-0.39, 0.29) is 10.7 Å². The summed E-state index contributed by atoms with van der Waals surface area (Å²) in [5.41, 5.74) is 0.537. The second kappa shape index (κ2) is 8.69. The number of halogens is 4. The fourth-order valence-corrected chi connectivity index (χ4v) is 3.87. The number of nitrogens with one attached hydrogen (secondary N) is 1. The molecule has 10 heteroatoms. The van der Waals surface area contributed by atoms with Gasteiger partial charge in [-0.05, 0) is 56.7 Å². The highest BCUT2D eigenvalue weighted by atomic mass is 35.5. The van der Waals surface area contributed by atoms with E-state index < -0.39 is 22.9 Å². The number of rotatable bonds is 5. The van der Waals surface area contributed by atoms with Crippen LogP contribution in [0.15, 0.2) is 47.6 Å². The molecule has 1 atom stereocenters. The Balaban J connectivity index is 1.82. The van der Waals surface area contributed by atoms with Crippen LogP contribution in [0.25, 0.3) is 5.69 Å². The van der Waals surface area contributed by atoms with Gasteiger partial charge in [-0.2, -0.15) is 13.2 Å². The van der Waals surface area contributed by atoms with Crippen LogP contribution in [-0.4, -0.2) is 25.9 Å². The van der Waals surface area contributed by atoms with Crippen LogP contribution in [0.1, 0.15) is 23.9 Å². The number of carbonyl (C=O) groups excluding carboxylic acids is 1. The second-order valence-electron chi connectivity index (χ2n) is 6.64. The highest BCUT2D eigenvalue weighted by Gasteiger charge is 2.34. The number of nitrogens with zero attached hydrogens (tertiary/aromatic N) is 3. The van der Waals surface area contributed by atoms with Crippen LogP contribution in [0.4, 0.5) is 18.9 Å². The van der Waals surface area contributed by atoms with Crippen molar-refractivity contribution in [2.24, 2.45) is 0 Å². The average Bonchev–Trinajstić information content (AvgIpc) is 3.02. The van der Waals surface area contributed by atoms with Gasteiger partial charge in [0, 0.05) is 10.7 Å². The first kappa shape index (κ1) is 22.2. The number of alkyl halides is 3. The van der Waals surface area contributed by atoms with Crippen molar-refractivity contribution in [3.8, 4) is 5.69 Å². The lowest BCUT2D eigenvalue weighted by Crippen LogP contribution is -2.24. The van der Waals surface area contributed by atoms with Gasteiger partial charge in [0.1, 0.15) is 5.82 Å². The molecular formula is C20H18ClF3N4OS. The van der Waals surface area contributed by atoms with Gasteiger partial charge < -0.3 is 5.32 Å². The van der Waals surface area contributed by atoms with Crippen molar-refractivity contribution < 1.29 is 18.0 Å². The third-order valence-electron chi connectivity index (χ3n) is 4.25. The minimum absolute atomic E-state index is 0.0653. The quantitative estimate of drug-likeness (QED) is 0.504. The Labute approximate surface area is 180 Å². The van der Waals surface area contributed by atoms with E-state index in [0.29, 0.717) is 11.0 Å². The SMILES string of the molecule is Cc1cccc(-n2c(C)nnc2SC(C)C(=O)Nc2ccc(Cl)cc2C(F)(F)F)c1. The normalized spacial score (nSPS) is 12.6. The summed E-state index contributed by atoms with van der Waals surface area (Å²) in [5, 5.41) is 10.2. The number of aromatic nitrogens is 3. The Morgan fingerprint density at radius 3 is 2.57 bits per heavy atom. The Morgan fingerprint density at radius 2 is 1.90 bits per heavy atom. The standard InChI is InChI=1S/C20H18ClF3N4OS/c1-11-5-4-6-15(9-11)28-13(3)26-27-19(28)30-12(2)18(29)25-17-8-7-14(21)10-16(17)20(22,23)24/h4-10,12H,1-3H3,(H,25,29). The van der Waals surface area contributed by atoms with E-state index in [0.717, 1.165) is 35.1 Å². The summed E-state index contributed by atoms with van der Waals surface area (Å²) in [5.74, 6) is 0.0389. The largest absolute Gasteiger partial charge is 0.418 e. The minimum Gasteiger partial charge on any atom is -0.325 e. The van der Waals surface area contributed by atoms with Gasteiger partial charge in [0.25, 0.3) is 0 Å². The highest BCUT2D eigenvalue weighted by Crippen LogP contribution is 2.37. The molecule has 1 aromatic heterocycles. The molecule has 0 spiro atoms. The molecule has 5 nitrogen and oxygen atoms in total. The molecule has 1 unspecified atom stereocenters. The highest BCUT2D eigenvalue weighted by molar-refractivity contribution is 8.00. The lowest BCUT2D eigenvalue weighted by Gasteiger charge is -2.17. The third kappa shape index (κ3) is 4.96. The van der Waals surface area contributed by atoms with E-state index in [4.69, 9.17) is 11.6 Å². The first-order chi connectivity index (χ1) is 14.1. The van der Waals surface area contributed by atoms with E-state index in [1.54, 1.807) is 18.4 Å². The van der Waals surface area contributed by atoms with Gasteiger partial charge in [-0.25, -0.2) is 0 Å². The third-order valence-corrected chi connectivity index (χ3v) is 5.53. The summed E-state index contributed by atoms with van der Waals surface area (Å²) in [6.45, 7) is 5.33. The maximum absolute atomic E-state index is 13.3. The zero-order valence-electron chi connectivity index (χ0n) is 16.3. The minimum atomic E-state index is -4.65. The summed E-state index contributed by atoms with van der Waals surface area (Å²) in [6, 6.07) is 10.9. The van der Waals surface area contributed by atoms with Gasteiger partial charge >= 0.3 is 6.18 Å². The monoisotopic (exact) mass is 454 g/mol. The zero-order chi connectivity index (χ0) is 22.1. The fourth-order valence-electron chi connectivity index (χ4n) is 2.79. The van der Waals surface area contributed by atoms with Crippen LogP contribution >= 0.6 is 23.4 Å². The van der Waals surface area contributed by atoms with E-state index in [1.165, 1.54) is 6.07 Å². The zero-order valence-corrected chi connectivity index (χ0v) is 17.9. The maximum Gasteiger partial charge on any atom is 0.418 e. The molecule has 0 saturated carbocycles. The molecule has 1 N–H and O–H groups in total. The van der Waals surface area contributed by atoms with Crippen LogP contribution in [0, 0.1) is 13.8 Å². The van der Waals surface area contributed by atoms with Gasteiger partial charge in [-0.1, -0.05) is 35.5 Å². The fraction of sp³-hybridized carbons (Fsp3) is 0.250. The van der Waals surface area contributed by atoms with Crippen LogP contribution in [0.3, 0.4) is 0 Å². The number of amides is 1. The molecule has 0 aliphatic rings. The predicted octanol–water partition coefficient (Wildman–Crippen LogP) is 5.68. The lowest BCUT2D eigenvalue weighted by molar-refractivity contribution is -0.137. The number of thioether (sulfide) groups is 1. The van der Waals surface area contributed by atoms with Crippen LogP contribution in [0.2, 0.25) is 5.02 Å². The van der Waals surface area contributed by atoms with Crippen LogP contribution < -0.4 is 5.32 Å². The molecule has 0 saturated heterocycles. The first-order valence-corrected chi connectivity index (χ1v) is 10.2.